The van der Waals surface area contributed by atoms with Crippen LogP contribution in [0.25, 0.3) is 0 Å². The second kappa shape index (κ2) is 6.59. The number of nitrogens with zero attached hydrogens (tertiary/aromatic N) is 1. The number of hydrogen-bond acceptors (Lipinski definition) is 4. The summed E-state index contributed by atoms with van der Waals surface area (Å²) in [7, 11) is -3.00. The van der Waals surface area contributed by atoms with Crippen molar-refractivity contribution in [3.63, 3.8) is 0 Å². The fraction of sp³-hybridized carbons (Fsp3) is 0.786. The molecule has 2 fully saturated rings. The molecule has 2 aliphatic rings. The molecule has 0 aromatic rings. The standard InChI is InChI=1S/C14H22N2O3S/c1-2-7-16(13-5-8-20(18,19)11-13)14(17)9-12-4-3-6-15-10-12/h1,12-13,15H,3-11H2. The molecule has 0 saturated carbocycles. The number of piperidine rings is 1. The van der Waals surface area contributed by atoms with Crippen molar-refractivity contribution in [2.45, 2.75) is 31.7 Å². The number of carbonyl (C=O) groups excluding carboxylic acids is 1. The van der Waals surface area contributed by atoms with E-state index in [1.807, 2.05) is 0 Å². The average molecular weight is 298 g/mol. The first kappa shape index (κ1) is 15.3. The summed E-state index contributed by atoms with van der Waals surface area (Å²) < 4.78 is 23.1. The normalized spacial score (nSPS) is 28.8. The van der Waals surface area contributed by atoms with Crippen molar-refractivity contribution in [2.24, 2.45) is 5.92 Å². The van der Waals surface area contributed by atoms with Crippen LogP contribution < -0.4 is 5.32 Å². The van der Waals surface area contributed by atoms with E-state index in [9.17, 15) is 13.2 Å². The summed E-state index contributed by atoms with van der Waals surface area (Å²) >= 11 is 0. The lowest BCUT2D eigenvalue weighted by molar-refractivity contribution is -0.133. The van der Waals surface area contributed by atoms with Gasteiger partial charge in [0.15, 0.2) is 9.84 Å². The minimum absolute atomic E-state index is 0.00116. The number of amides is 1. The Morgan fingerprint density at radius 3 is 2.75 bits per heavy atom. The molecule has 2 aliphatic heterocycles. The molecule has 112 valence electrons. The van der Waals surface area contributed by atoms with Gasteiger partial charge < -0.3 is 10.2 Å². The summed E-state index contributed by atoms with van der Waals surface area (Å²) in [4.78, 5) is 14.0. The summed E-state index contributed by atoms with van der Waals surface area (Å²) in [5, 5.41) is 3.29. The zero-order valence-corrected chi connectivity index (χ0v) is 12.5. The minimum Gasteiger partial charge on any atom is -0.328 e. The average Bonchev–Trinajstić information content (AvgIpc) is 2.77. The maximum atomic E-state index is 12.4. The van der Waals surface area contributed by atoms with Crippen molar-refractivity contribution in [2.75, 3.05) is 31.1 Å². The Morgan fingerprint density at radius 1 is 1.40 bits per heavy atom. The Morgan fingerprint density at radius 2 is 2.20 bits per heavy atom. The van der Waals surface area contributed by atoms with E-state index in [1.54, 1.807) is 4.90 Å². The van der Waals surface area contributed by atoms with Gasteiger partial charge >= 0.3 is 0 Å². The molecule has 5 nitrogen and oxygen atoms in total. The van der Waals surface area contributed by atoms with Crippen molar-refractivity contribution >= 4 is 15.7 Å². The number of nitrogens with one attached hydrogen (secondary N) is 1. The molecule has 0 aromatic carbocycles. The van der Waals surface area contributed by atoms with Gasteiger partial charge in [-0.05, 0) is 38.3 Å². The first-order valence-corrected chi connectivity index (χ1v) is 8.98. The monoisotopic (exact) mass is 298 g/mol. The predicted molar refractivity (Wildman–Crippen MR) is 77.8 cm³/mol. The lowest BCUT2D eigenvalue weighted by Gasteiger charge is -2.29. The highest BCUT2D eigenvalue weighted by atomic mass is 32.2. The van der Waals surface area contributed by atoms with E-state index in [2.05, 4.69) is 11.2 Å². The van der Waals surface area contributed by atoms with Gasteiger partial charge in [0.2, 0.25) is 5.91 Å². The van der Waals surface area contributed by atoms with Crippen molar-refractivity contribution in [1.82, 2.24) is 10.2 Å². The van der Waals surface area contributed by atoms with Crippen LogP contribution in [0.3, 0.4) is 0 Å². The molecule has 2 saturated heterocycles. The second-order valence-corrected chi connectivity index (χ2v) is 7.93. The molecule has 0 bridgehead atoms. The summed E-state index contributed by atoms with van der Waals surface area (Å²) in [6, 6.07) is -0.236. The lowest BCUT2D eigenvalue weighted by Crippen LogP contribution is -2.43. The van der Waals surface area contributed by atoms with Gasteiger partial charge in [-0.25, -0.2) is 8.42 Å². The zero-order valence-electron chi connectivity index (χ0n) is 11.7. The van der Waals surface area contributed by atoms with Crippen molar-refractivity contribution < 1.29 is 13.2 Å². The molecule has 0 aromatic heterocycles. The summed E-state index contributed by atoms with van der Waals surface area (Å²) in [5.74, 6) is 3.05. The van der Waals surface area contributed by atoms with Crippen LogP contribution in [0.1, 0.15) is 25.7 Å². The summed E-state index contributed by atoms with van der Waals surface area (Å²) in [5.41, 5.74) is 0. The van der Waals surface area contributed by atoms with Crippen LogP contribution >= 0.6 is 0 Å². The third kappa shape index (κ3) is 3.97. The van der Waals surface area contributed by atoms with E-state index in [0.717, 1.165) is 25.9 Å². The number of hydrogen-bond donors (Lipinski definition) is 1. The Hall–Kier alpha value is -1.06. The van der Waals surface area contributed by atoms with E-state index in [-0.39, 0.29) is 30.0 Å². The highest BCUT2D eigenvalue weighted by Gasteiger charge is 2.34. The quantitative estimate of drug-likeness (QED) is 0.743. The van der Waals surface area contributed by atoms with Gasteiger partial charge in [0.25, 0.3) is 0 Å². The van der Waals surface area contributed by atoms with Crippen molar-refractivity contribution in [3.05, 3.63) is 0 Å². The Kier molecular flexibility index (Phi) is 5.06. The molecular formula is C14H22N2O3S. The second-order valence-electron chi connectivity index (χ2n) is 5.70. The summed E-state index contributed by atoms with van der Waals surface area (Å²) in [6.45, 7) is 2.08. The molecule has 0 spiro atoms. The van der Waals surface area contributed by atoms with Crippen LogP contribution in [0, 0.1) is 18.3 Å². The fourth-order valence-corrected chi connectivity index (χ4v) is 4.73. The fourth-order valence-electron chi connectivity index (χ4n) is 3.00. The Labute approximate surface area is 121 Å². The molecule has 0 aliphatic carbocycles. The maximum Gasteiger partial charge on any atom is 0.223 e. The van der Waals surface area contributed by atoms with Gasteiger partial charge in [0.05, 0.1) is 18.1 Å². The Bertz CT molecular complexity index is 489. The van der Waals surface area contributed by atoms with Crippen LogP contribution in [0.4, 0.5) is 0 Å². The van der Waals surface area contributed by atoms with E-state index in [0.29, 0.717) is 18.8 Å². The van der Waals surface area contributed by atoms with Crippen LogP contribution in [-0.4, -0.2) is 56.4 Å². The van der Waals surface area contributed by atoms with E-state index < -0.39 is 9.84 Å². The molecule has 20 heavy (non-hydrogen) atoms. The van der Waals surface area contributed by atoms with Crippen molar-refractivity contribution in [3.8, 4) is 12.3 Å². The van der Waals surface area contributed by atoms with Gasteiger partial charge in [-0.15, -0.1) is 6.42 Å². The number of sulfone groups is 1. The third-order valence-corrected chi connectivity index (χ3v) is 5.84. The largest absolute Gasteiger partial charge is 0.328 e. The maximum absolute atomic E-state index is 12.4. The van der Waals surface area contributed by atoms with Crippen LogP contribution in [0.5, 0.6) is 0 Å². The van der Waals surface area contributed by atoms with Crippen LogP contribution in [-0.2, 0) is 14.6 Å². The van der Waals surface area contributed by atoms with E-state index in [4.69, 9.17) is 6.42 Å². The molecule has 2 atom stereocenters. The molecule has 2 unspecified atom stereocenters. The van der Waals surface area contributed by atoms with Gasteiger partial charge in [-0.1, -0.05) is 5.92 Å². The van der Waals surface area contributed by atoms with Gasteiger partial charge in [0.1, 0.15) is 0 Å². The lowest BCUT2D eigenvalue weighted by atomic mass is 9.95. The van der Waals surface area contributed by atoms with Crippen molar-refractivity contribution in [1.29, 1.82) is 0 Å². The van der Waals surface area contributed by atoms with Gasteiger partial charge in [0, 0.05) is 12.5 Å². The molecule has 1 N–H and O–H groups in total. The molecule has 1 amide bonds. The number of terminal acetylenes is 1. The highest BCUT2D eigenvalue weighted by Crippen LogP contribution is 2.21. The van der Waals surface area contributed by atoms with Crippen LogP contribution in [0.2, 0.25) is 0 Å². The topological polar surface area (TPSA) is 66.5 Å². The van der Waals surface area contributed by atoms with Crippen LogP contribution in [0.15, 0.2) is 0 Å². The third-order valence-electron chi connectivity index (χ3n) is 4.09. The predicted octanol–water partition coefficient (Wildman–Crippen LogP) is 0.0250. The van der Waals surface area contributed by atoms with Gasteiger partial charge in [-0.2, -0.15) is 0 Å². The Balaban J connectivity index is 1.97. The number of rotatable bonds is 4. The molecule has 2 heterocycles. The number of carbonyl (C=O) groups is 1. The molecule has 0 radical (unpaired) electrons. The summed E-state index contributed by atoms with van der Waals surface area (Å²) in [6.07, 6.45) is 8.44. The van der Waals surface area contributed by atoms with Gasteiger partial charge in [-0.3, -0.25) is 4.79 Å². The zero-order chi connectivity index (χ0) is 14.6. The molecule has 6 heteroatoms. The van der Waals surface area contributed by atoms with E-state index >= 15 is 0 Å². The first-order chi connectivity index (χ1) is 9.52. The first-order valence-electron chi connectivity index (χ1n) is 7.16. The molecular weight excluding hydrogens is 276 g/mol. The highest BCUT2D eigenvalue weighted by molar-refractivity contribution is 7.91. The molecule has 2 rings (SSSR count). The smallest absolute Gasteiger partial charge is 0.223 e. The minimum atomic E-state index is -3.00. The van der Waals surface area contributed by atoms with E-state index in [1.165, 1.54) is 0 Å². The SMILES string of the molecule is C#CCN(C(=O)CC1CCCNC1)C1CCS(=O)(=O)C1.